The zero-order chi connectivity index (χ0) is 21.4. The molecule has 1 fully saturated rings. The van der Waals surface area contributed by atoms with E-state index in [4.69, 9.17) is 4.99 Å². The molecule has 0 spiro atoms. The highest BCUT2D eigenvalue weighted by molar-refractivity contribution is 6.10. The summed E-state index contributed by atoms with van der Waals surface area (Å²) in [6.45, 7) is 0. The molecule has 2 aliphatic rings. The minimum absolute atomic E-state index is 0.122. The Morgan fingerprint density at radius 2 is 1.55 bits per heavy atom. The Balaban J connectivity index is 1.57. The molecule has 1 saturated carbocycles. The molecule has 5 rings (SSSR count). The number of benzene rings is 3. The van der Waals surface area contributed by atoms with E-state index in [2.05, 4.69) is 52.7 Å². The van der Waals surface area contributed by atoms with Crippen LogP contribution in [0, 0.1) is 5.92 Å². The monoisotopic (exact) mass is 409 g/mol. The lowest BCUT2D eigenvalue weighted by Gasteiger charge is -2.34. The number of anilines is 2. The van der Waals surface area contributed by atoms with E-state index in [1.165, 1.54) is 5.56 Å². The maximum absolute atomic E-state index is 13.5. The Morgan fingerprint density at radius 1 is 0.839 bits per heavy atom. The average molecular weight is 410 g/mol. The predicted octanol–water partition coefficient (Wildman–Crippen LogP) is 5.75. The lowest BCUT2D eigenvalue weighted by molar-refractivity contribution is -0.122. The molecule has 1 heterocycles. The fourth-order valence-electron chi connectivity index (χ4n) is 4.82. The first-order chi connectivity index (χ1) is 15.1. The molecule has 1 aliphatic heterocycles. The van der Waals surface area contributed by atoms with Crippen LogP contribution in [-0.4, -0.2) is 25.6 Å². The third kappa shape index (κ3) is 3.74. The molecular weight excluding hydrogens is 382 g/mol. The van der Waals surface area contributed by atoms with Crippen molar-refractivity contribution in [3.05, 3.63) is 90.0 Å². The van der Waals surface area contributed by atoms with Gasteiger partial charge in [0.2, 0.25) is 0 Å². The Kier molecular flexibility index (Phi) is 5.06. The van der Waals surface area contributed by atoms with E-state index in [1.807, 2.05) is 50.5 Å². The second-order valence-electron chi connectivity index (χ2n) is 8.69. The van der Waals surface area contributed by atoms with Gasteiger partial charge in [-0.2, -0.15) is 0 Å². The highest BCUT2D eigenvalue weighted by Gasteiger charge is 2.41. The largest absolute Gasteiger partial charge is 0.378 e. The molecule has 3 aromatic rings. The minimum Gasteiger partial charge on any atom is -0.378 e. The molecule has 31 heavy (non-hydrogen) atoms. The van der Waals surface area contributed by atoms with Gasteiger partial charge < -0.3 is 10.2 Å². The molecule has 0 bridgehead atoms. The van der Waals surface area contributed by atoms with Crippen molar-refractivity contribution in [3.63, 3.8) is 0 Å². The number of nitrogens with zero attached hydrogens (tertiary/aromatic N) is 2. The summed E-state index contributed by atoms with van der Waals surface area (Å²) in [6, 6.07) is 26.8. The molecule has 1 N–H and O–H groups in total. The topological polar surface area (TPSA) is 44.7 Å². The first kappa shape index (κ1) is 19.6. The standard InChI is InChI=1S/C27H27N3O/c1-30(2)21-14-12-19(13-15-21)27-26-24(28-22-10-6-7-11-23(22)29-27)16-20(17-25(26)31)18-8-4-3-5-9-18/h3-15,20,26-27,29H,16-17H2,1-2H3. The molecule has 0 aromatic heterocycles. The summed E-state index contributed by atoms with van der Waals surface area (Å²) in [5.41, 5.74) is 6.36. The second-order valence-corrected chi connectivity index (χ2v) is 8.69. The Hall–Kier alpha value is -3.40. The molecular formula is C27H27N3O. The van der Waals surface area contributed by atoms with E-state index in [9.17, 15) is 4.79 Å². The van der Waals surface area contributed by atoms with Crippen molar-refractivity contribution in [1.29, 1.82) is 0 Å². The molecule has 3 aromatic carbocycles. The fourth-order valence-corrected chi connectivity index (χ4v) is 4.82. The number of hydrogen-bond donors (Lipinski definition) is 1. The van der Waals surface area contributed by atoms with Crippen LogP contribution >= 0.6 is 0 Å². The molecule has 1 aliphatic carbocycles. The van der Waals surface area contributed by atoms with Crippen molar-refractivity contribution in [2.24, 2.45) is 10.9 Å². The van der Waals surface area contributed by atoms with Gasteiger partial charge in [0, 0.05) is 31.9 Å². The van der Waals surface area contributed by atoms with E-state index in [-0.39, 0.29) is 23.7 Å². The smallest absolute Gasteiger partial charge is 0.144 e. The fraction of sp³-hybridized carbons (Fsp3) is 0.259. The summed E-state index contributed by atoms with van der Waals surface area (Å²) >= 11 is 0. The predicted molar refractivity (Wildman–Crippen MR) is 128 cm³/mol. The minimum atomic E-state index is -0.252. The zero-order valence-electron chi connectivity index (χ0n) is 18.0. The maximum atomic E-state index is 13.5. The van der Waals surface area contributed by atoms with Crippen molar-refractivity contribution in [2.45, 2.75) is 24.8 Å². The first-order valence-electron chi connectivity index (χ1n) is 10.9. The van der Waals surface area contributed by atoms with Crippen LogP contribution in [0.2, 0.25) is 0 Å². The summed E-state index contributed by atoms with van der Waals surface area (Å²) in [6.07, 6.45) is 1.36. The lowest BCUT2D eigenvalue weighted by Crippen LogP contribution is -2.38. The number of hydrogen-bond acceptors (Lipinski definition) is 4. The van der Waals surface area contributed by atoms with Gasteiger partial charge in [0.25, 0.3) is 0 Å². The van der Waals surface area contributed by atoms with Crippen molar-refractivity contribution < 1.29 is 4.79 Å². The summed E-state index contributed by atoms with van der Waals surface area (Å²) in [4.78, 5) is 20.7. The van der Waals surface area contributed by atoms with Gasteiger partial charge in [-0.25, -0.2) is 0 Å². The lowest BCUT2D eigenvalue weighted by atomic mass is 9.72. The molecule has 4 heteroatoms. The van der Waals surface area contributed by atoms with Crippen LogP contribution < -0.4 is 10.2 Å². The highest BCUT2D eigenvalue weighted by Crippen LogP contribution is 2.44. The molecule has 3 atom stereocenters. The van der Waals surface area contributed by atoms with Crippen molar-refractivity contribution in [3.8, 4) is 0 Å². The number of aliphatic imine (C=N–C) groups is 1. The molecule has 0 amide bonds. The van der Waals surface area contributed by atoms with Crippen LogP contribution in [0.5, 0.6) is 0 Å². The quantitative estimate of drug-likeness (QED) is 0.599. The number of fused-ring (bicyclic) bond motifs is 2. The molecule has 3 unspecified atom stereocenters. The van der Waals surface area contributed by atoms with Gasteiger partial charge in [-0.15, -0.1) is 0 Å². The second kappa shape index (κ2) is 8.03. The first-order valence-corrected chi connectivity index (χ1v) is 10.9. The van der Waals surface area contributed by atoms with Crippen LogP contribution in [0.25, 0.3) is 0 Å². The highest BCUT2D eigenvalue weighted by atomic mass is 16.1. The number of carbonyl (C=O) groups is 1. The number of Topliss-reactive ketones (excluding diaryl/α,β-unsaturated/α-hetero) is 1. The number of nitrogens with one attached hydrogen (secondary N) is 1. The average Bonchev–Trinajstić information content (AvgIpc) is 2.96. The third-order valence-electron chi connectivity index (χ3n) is 6.46. The van der Waals surface area contributed by atoms with E-state index in [0.29, 0.717) is 6.42 Å². The van der Waals surface area contributed by atoms with E-state index < -0.39 is 0 Å². The Bertz CT molecular complexity index is 1120. The van der Waals surface area contributed by atoms with E-state index in [1.54, 1.807) is 0 Å². The van der Waals surface area contributed by atoms with Crippen LogP contribution in [-0.2, 0) is 4.79 Å². The molecule has 4 nitrogen and oxygen atoms in total. The summed E-state index contributed by atoms with van der Waals surface area (Å²) in [5, 5.41) is 3.66. The van der Waals surface area contributed by atoms with Gasteiger partial charge >= 0.3 is 0 Å². The van der Waals surface area contributed by atoms with Crippen LogP contribution in [0.3, 0.4) is 0 Å². The van der Waals surface area contributed by atoms with Crippen LogP contribution in [0.1, 0.15) is 35.9 Å². The van der Waals surface area contributed by atoms with Gasteiger partial charge in [0.05, 0.1) is 23.3 Å². The van der Waals surface area contributed by atoms with Crippen LogP contribution in [0.15, 0.2) is 83.9 Å². The number of ketones is 1. The zero-order valence-corrected chi connectivity index (χ0v) is 18.0. The van der Waals surface area contributed by atoms with Gasteiger partial charge in [-0.1, -0.05) is 54.6 Å². The van der Waals surface area contributed by atoms with E-state index in [0.717, 1.165) is 34.8 Å². The van der Waals surface area contributed by atoms with E-state index >= 15 is 0 Å². The van der Waals surface area contributed by atoms with Crippen LogP contribution in [0.4, 0.5) is 17.1 Å². The van der Waals surface area contributed by atoms with Gasteiger partial charge in [-0.05, 0) is 47.7 Å². The van der Waals surface area contributed by atoms with Crippen molar-refractivity contribution >= 4 is 28.6 Å². The van der Waals surface area contributed by atoms with Crippen molar-refractivity contribution in [2.75, 3.05) is 24.3 Å². The molecule has 156 valence electrons. The van der Waals surface area contributed by atoms with Gasteiger partial charge in [0.15, 0.2) is 0 Å². The number of rotatable bonds is 3. The summed E-state index contributed by atoms with van der Waals surface area (Å²) in [5.74, 6) is 0.198. The molecule has 0 radical (unpaired) electrons. The summed E-state index contributed by atoms with van der Waals surface area (Å²) < 4.78 is 0. The Labute approximate surface area is 183 Å². The molecule has 0 saturated heterocycles. The van der Waals surface area contributed by atoms with Gasteiger partial charge in [-0.3, -0.25) is 9.79 Å². The maximum Gasteiger partial charge on any atom is 0.144 e. The number of para-hydroxylation sites is 2. The SMILES string of the molecule is CN(C)c1ccc(C2Nc3ccccc3N=C3CC(c4ccccc4)CC(=O)C32)cc1. The van der Waals surface area contributed by atoms with Crippen molar-refractivity contribution in [1.82, 2.24) is 0 Å². The summed E-state index contributed by atoms with van der Waals surface area (Å²) in [7, 11) is 4.07. The van der Waals surface area contributed by atoms with Gasteiger partial charge in [0.1, 0.15) is 5.78 Å². The number of carbonyl (C=O) groups excluding carboxylic acids is 1. The normalized spacial score (nSPS) is 22.5. The third-order valence-corrected chi connectivity index (χ3v) is 6.46. The Morgan fingerprint density at radius 3 is 2.29 bits per heavy atom.